The number of benzene rings is 1. The Morgan fingerprint density at radius 1 is 1.38 bits per heavy atom. The maximum atomic E-state index is 11.9. The molecule has 3 nitrogen and oxygen atoms in total. The van der Waals surface area contributed by atoms with Gasteiger partial charge in [-0.05, 0) is 31.0 Å². The summed E-state index contributed by atoms with van der Waals surface area (Å²) in [5.74, 6) is -0.140. The van der Waals surface area contributed by atoms with E-state index in [1.165, 1.54) is 0 Å². The maximum Gasteiger partial charge on any atom is 0.253 e. The fourth-order valence-electron chi connectivity index (χ4n) is 1.71. The molecule has 4 heteroatoms. The largest absolute Gasteiger partial charge is 0.399 e. The lowest BCUT2D eigenvalue weighted by Crippen LogP contribution is -2.32. The smallest absolute Gasteiger partial charge is 0.253 e. The van der Waals surface area contributed by atoms with Gasteiger partial charge in [-0.25, -0.2) is 0 Å². The van der Waals surface area contributed by atoms with Gasteiger partial charge < -0.3 is 11.1 Å². The minimum absolute atomic E-state index is 0.140. The summed E-state index contributed by atoms with van der Waals surface area (Å²) in [5, 5.41) is 3.32. The molecule has 0 bridgehead atoms. The van der Waals surface area contributed by atoms with Gasteiger partial charge in [0.15, 0.2) is 0 Å². The summed E-state index contributed by atoms with van der Waals surface area (Å²) >= 11 is 5.95. The van der Waals surface area contributed by atoms with Gasteiger partial charge in [0.05, 0.1) is 10.6 Å². The van der Waals surface area contributed by atoms with Gasteiger partial charge in [-0.15, -0.1) is 0 Å². The zero-order valence-corrected chi connectivity index (χ0v) is 9.50. The molecule has 0 aromatic heterocycles. The highest BCUT2D eigenvalue weighted by Crippen LogP contribution is 2.20. The van der Waals surface area contributed by atoms with Crippen LogP contribution < -0.4 is 11.1 Å². The van der Waals surface area contributed by atoms with Crippen LogP contribution >= 0.6 is 11.6 Å². The van der Waals surface area contributed by atoms with Crippen LogP contribution in [0.15, 0.2) is 30.4 Å². The summed E-state index contributed by atoms with van der Waals surface area (Å²) in [6.07, 6.45) is 5.90. The van der Waals surface area contributed by atoms with Crippen LogP contribution in [0.3, 0.4) is 0 Å². The first-order chi connectivity index (χ1) is 7.66. The second-order valence-electron chi connectivity index (χ2n) is 3.85. The van der Waals surface area contributed by atoms with E-state index in [0.717, 1.165) is 12.8 Å². The van der Waals surface area contributed by atoms with Gasteiger partial charge in [-0.3, -0.25) is 4.79 Å². The van der Waals surface area contributed by atoms with Crippen molar-refractivity contribution in [1.82, 2.24) is 5.32 Å². The second-order valence-corrected chi connectivity index (χ2v) is 4.26. The van der Waals surface area contributed by atoms with Crippen molar-refractivity contribution in [3.8, 4) is 0 Å². The van der Waals surface area contributed by atoms with E-state index in [-0.39, 0.29) is 11.9 Å². The highest BCUT2D eigenvalue weighted by atomic mass is 35.5. The van der Waals surface area contributed by atoms with E-state index < -0.39 is 0 Å². The number of halogens is 1. The molecule has 0 spiro atoms. The van der Waals surface area contributed by atoms with E-state index >= 15 is 0 Å². The van der Waals surface area contributed by atoms with Crippen LogP contribution in [0.4, 0.5) is 5.69 Å². The van der Waals surface area contributed by atoms with E-state index in [2.05, 4.69) is 17.5 Å². The molecule has 1 aliphatic rings. The first-order valence-corrected chi connectivity index (χ1v) is 5.55. The van der Waals surface area contributed by atoms with E-state index in [0.29, 0.717) is 16.3 Å². The van der Waals surface area contributed by atoms with Crippen molar-refractivity contribution < 1.29 is 4.79 Å². The van der Waals surface area contributed by atoms with E-state index in [9.17, 15) is 4.79 Å². The molecule has 0 radical (unpaired) electrons. The number of hydrogen-bond acceptors (Lipinski definition) is 2. The van der Waals surface area contributed by atoms with E-state index in [1.807, 2.05) is 0 Å². The van der Waals surface area contributed by atoms with E-state index in [4.69, 9.17) is 17.3 Å². The molecule has 0 aliphatic heterocycles. The monoisotopic (exact) mass is 236 g/mol. The summed E-state index contributed by atoms with van der Waals surface area (Å²) in [6, 6.07) is 5.10. The molecule has 2 rings (SSSR count). The van der Waals surface area contributed by atoms with Gasteiger partial charge >= 0.3 is 0 Å². The summed E-state index contributed by atoms with van der Waals surface area (Å²) in [7, 11) is 0. The van der Waals surface area contributed by atoms with Crippen LogP contribution in [0.1, 0.15) is 23.2 Å². The third kappa shape index (κ3) is 2.36. The van der Waals surface area contributed by atoms with Crippen molar-refractivity contribution in [1.29, 1.82) is 0 Å². The van der Waals surface area contributed by atoms with Crippen molar-refractivity contribution in [3.05, 3.63) is 40.9 Å². The molecule has 1 aliphatic carbocycles. The molecule has 1 amide bonds. The lowest BCUT2D eigenvalue weighted by Gasteiger charge is -2.12. The van der Waals surface area contributed by atoms with Gasteiger partial charge in [-0.1, -0.05) is 23.8 Å². The Hall–Kier alpha value is -1.48. The predicted molar refractivity (Wildman–Crippen MR) is 65.5 cm³/mol. The average molecular weight is 237 g/mol. The fraction of sp³-hybridized carbons (Fsp3) is 0.250. The molecule has 0 heterocycles. The van der Waals surface area contributed by atoms with Crippen molar-refractivity contribution in [2.24, 2.45) is 0 Å². The van der Waals surface area contributed by atoms with Gasteiger partial charge in [0.25, 0.3) is 5.91 Å². The molecule has 3 N–H and O–H groups in total. The van der Waals surface area contributed by atoms with Crippen molar-refractivity contribution in [3.63, 3.8) is 0 Å². The van der Waals surface area contributed by atoms with Crippen LogP contribution in [0.2, 0.25) is 5.02 Å². The Morgan fingerprint density at radius 2 is 2.06 bits per heavy atom. The number of carbonyl (C=O) groups excluding carboxylic acids is 1. The highest BCUT2D eigenvalue weighted by molar-refractivity contribution is 6.34. The number of nitrogen functional groups attached to an aromatic ring is 1. The van der Waals surface area contributed by atoms with Crippen molar-refractivity contribution in [2.45, 2.75) is 18.9 Å². The fourth-order valence-corrected chi connectivity index (χ4v) is 1.99. The van der Waals surface area contributed by atoms with Crippen LogP contribution in [0.25, 0.3) is 0 Å². The molecular formula is C12H13ClN2O. The Balaban J connectivity index is 2.08. The third-order valence-electron chi connectivity index (χ3n) is 2.58. The molecule has 0 unspecified atom stereocenters. The zero-order chi connectivity index (χ0) is 11.5. The molecule has 0 saturated heterocycles. The Kier molecular flexibility index (Phi) is 3.15. The van der Waals surface area contributed by atoms with Gasteiger partial charge in [0.1, 0.15) is 0 Å². The average Bonchev–Trinajstić information content (AvgIpc) is 2.70. The van der Waals surface area contributed by atoms with Crippen LogP contribution in [0, 0.1) is 0 Å². The van der Waals surface area contributed by atoms with Crippen LogP contribution in [-0.4, -0.2) is 11.9 Å². The van der Waals surface area contributed by atoms with Gasteiger partial charge in [-0.2, -0.15) is 0 Å². The minimum atomic E-state index is -0.140. The van der Waals surface area contributed by atoms with Crippen LogP contribution in [-0.2, 0) is 0 Å². The summed E-state index contributed by atoms with van der Waals surface area (Å²) in [4.78, 5) is 11.9. The highest BCUT2D eigenvalue weighted by Gasteiger charge is 2.16. The standard InChI is InChI=1S/C12H13ClN2O/c13-11-7-8(14)5-6-10(11)12(16)15-9-3-1-2-4-9/h1-2,5-7,9H,3-4,14H2,(H,15,16). The molecule has 84 valence electrons. The molecule has 0 saturated carbocycles. The maximum absolute atomic E-state index is 11.9. The number of nitrogens with two attached hydrogens (primary N) is 1. The molecule has 16 heavy (non-hydrogen) atoms. The number of amides is 1. The SMILES string of the molecule is Nc1ccc(C(=O)NC2CC=CC2)c(Cl)c1. The number of rotatable bonds is 2. The molecule has 0 fully saturated rings. The van der Waals surface area contributed by atoms with Gasteiger partial charge in [0.2, 0.25) is 0 Å². The molecular weight excluding hydrogens is 224 g/mol. The normalized spacial score (nSPS) is 15.3. The number of anilines is 1. The molecule has 1 aromatic carbocycles. The minimum Gasteiger partial charge on any atom is -0.399 e. The molecule has 0 atom stereocenters. The second kappa shape index (κ2) is 4.58. The number of hydrogen-bond donors (Lipinski definition) is 2. The zero-order valence-electron chi connectivity index (χ0n) is 8.74. The first kappa shape index (κ1) is 11.0. The Labute approximate surface area is 99.3 Å². The van der Waals surface area contributed by atoms with Crippen LogP contribution in [0.5, 0.6) is 0 Å². The third-order valence-corrected chi connectivity index (χ3v) is 2.89. The van der Waals surface area contributed by atoms with Crippen molar-refractivity contribution in [2.75, 3.05) is 5.73 Å². The summed E-state index contributed by atoms with van der Waals surface area (Å²) < 4.78 is 0. The van der Waals surface area contributed by atoms with Crippen molar-refractivity contribution >= 4 is 23.2 Å². The Morgan fingerprint density at radius 3 is 2.69 bits per heavy atom. The summed E-state index contributed by atoms with van der Waals surface area (Å²) in [5.41, 5.74) is 6.60. The number of carbonyl (C=O) groups is 1. The first-order valence-electron chi connectivity index (χ1n) is 5.17. The van der Waals surface area contributed by atoms with Gasteiger partial charge in [0, 0.05) is 11.7 Å². The quantitative estimate of drug-likeness (QED) is 0.612. The Bertz CT molecular complexity index is 435. The topological polar surface area (TPSA) is 55.1 Å². The lowest BCUT2D eigenvalue weighted by molar-refractivity contribution is 0.0939. The predicted octanol–water partition coefficient (Wildman–Crippen LogP) is 2.37. The van der Waals surface area contributed by atoms with E-state index in [1.54, 1.807) is 18.2 Å². The number of nitrogens with one attached hydrogen (secondary N) is 1. The summed E-state index contributed by atoms with van der Waals surface area (Å²) in [6.45, 7) is 0. The molecule has 1 aromatic rings. The lowest BCUT2D eigenvalue weighted by atomic mass is 10.1.